The highest BCUT2D eigenvalue weighted by molar-refractivity contribution is 7.22. The number of nitrogens with zero attached hydrogens (tertiary/aromatic N) is 3. The van der Waals surface area contributed by atoms with E-state index in [1.807, 2.05) is 41.3 Å². The second-order valence-corrected chi connectivity index (χ2v) is 9.91. The van der Waals surface area contributed by atoms with Gasteiger partial charge in [0.2, 0.25) is 11.8 Å². The van der Waals surface area contributed by atoms with E-state index in [2.05, 4.69) is 24.2 Å². The Morgan fingerprint density at radius 1 is 1.17 bits per heavy atom. The minimum absolute atomic E-state index is 0.00585. The molecule has 36 heavy (non-hydrogen) atoms. The van der Waals surface area contributed by atoms with Gasteiger partial charge in [0, 0.05) is 53.5 Å². The molecule has 3 N–H and O–H groups in total. The van der Waals surface area contributed by atoms with Crippen LogP contribution in [0.15, 0.2) is 51.9 Å². The number of rotatable bonds is 8. The molecule has 0 bridgehead atoms. The van der Waals surface area contributed by atoms with Crippen LogP contribution >= 0.6 is 11.3 Å². The number of aromatic nitrogens is 1. The van der Waals surface area contributed by atoms with Crippen molar-refractivity contribution < 1.29 is 9.59 Å². The zero-order chi connectivity index (χ0) is 25.8. The number of likely N-dealkylation sites (N-methyl/N-ethyl adjacent to an activating group) is 1. The second-order valence-electron chi connectivity index (χ2n) is 8.83. The molecule has 0 atom stereocenters. The SMILES string of the molecule is CCCN(CCC)C(=O)C1=Cc2ccc(-c3cc4c(=O)n(CC(=O)NC)ccc4s3)cc2N=C(N)C1. The first kappa shape index (κ1) is 25.4. The summed E-state index contributed by atoms with van der Waals surface area (Å²) in [6.45, 7) is 5.53. The summed E-state index contributed by atoms with van der Waals surface area (Å²) in [7, 11) is 1.54. The van der Waals surface area contributed by atoms with Crippen molar-refractivity contribution in [3.8, 4) is 10.4 Å². The second kappa shape index (κ2) is 10.9. The third-order valence-electron chi connectivity index (χ3n) is 6.08. The van der Waals surface area contributed by atoms with Gasteiger partial charge in [-0.2, -0.15) is 0 Å². The van der Waals surface area contributed by atoms with E-state index in [-0.39, 0.29) is 23.9 Å². The summed E-state index contributed by atoms with van der Waals surface area (Å²) in [5.74, 6) is 0.171. The Labute approximate surface area is 214 Å². The van der Waals surface area contributed by atoms with Crippen molar-refractivity contribution in [2.75, 3.05) is 20.1 Å². The Bertz CT molecular complexity index is 1430. The number of thiophene rings is 1. The average molecular weight is 506 g/mol. The number of aliphatic imine (C=N–C) groups is 1. The molecule has 0 unspecified atom stereocenters. The smallest absolute Gasteiger partial charge is 0.259 e. The molecular weight excluding hydrogens is 474 g/mol. The summed E-state index contributed by atoms with van der Waals surface area (Å²) in [6.07, 6.45) is 5.64. The van der Waals surface area contributed by atoms with Crippen molar-refractivity contribution in [1.29, 1.82) is 0 Å². The van der Waals surface area contributed by atoms with Crippen LogP contribution in [0.5, 0.6) is 0 Å². The summed E-state index contributed by atoms with van der Waals surface area (Å²) in [5, 5.41) is 3.11. The number of amidine groups is 1. The van der Waals surface area contributed by atoms with Gasteiger partial charge in [0.15, 0.2) is 0 Å². The molecule has 3 heterocycles. The van der Waals surface area contributed by atoms with Gasteiger partial charge < -0.3 is 20.5 Å². The van der Waals surface area contributed by atoms with Gasteiger partial charge in [-0.3, -0.25) is 14.4 Å². The van der Waals surface area contributed by atoms with E-state index < -0.39 is 0 Å². The summed E-state index contributed by atoms with van der Waals surface area (Å²) in [5.41, 5.74) is 9.11. The fraction of sp³-hybridized carbons (Fsp3) is 0.333. The average Bonchev–Trinajstić information content (AvgIpc) is 3.23. The highest BCUT2D eigenvalue weighted by Crippen LogP contribution is 2.36. The van der Waals surface area contributed by atoms with Gasteiger partial charge in [-0.25, -0.2) is 4.99 Å². The molecule has 4 rings (SSSR count). The molecule has 0 aliphatic carbocycles. The van der Waals surface area contributed by atoms with E-state index in [1.165, 1.54) is 15.9 Å². The summed E-state index contributed by atoms with van der Waals surface area (Å²) in [6, 6.07) is 9.56. The van der Waals surface area contributed by atoms with Crippen LogP contribution in [0.25, 0.3) is 26.6 Å². The topological polar surface area (TPSA) is 110 Å². The molecule has 188 valence electrons. The van der Waals surface area contributed by atoms with E-state index in [0.29, 0.717) is 42.0 Å². The number of hydrogen-bond acceptors (Lipinski definition) is 6. The number of hydrogen-bond donors (Lipinski definition) is 2. The molecule has 9 heteroatoms. The zero-order valence-corrected chi connectivity index (χ0v) is 21.7. The maximum Gasteiger partial charge on any atom is 0.259 e. The number of fused-ring (bicyclic) bond motifs is 2. The lowest BCUT2D eigenvalue weighted by atomic mass is 10.0. The monoisotopic (exact) mass is 505 g/mol. The van der Waals surface area contributed by atoms with Crippen LogP contribution < -0.4 is 16.6 Å². The largest absolute Gasteiger partial charge is 0.387 e. The molecule has 3 aromatic rings. The van der Waals surface area contributed by atoms with Gasteiger partial charge in [-0.05, 0) is 42.7 Å². The van der Waals surface area contributed by atoms with Gasteiger partial charge >= 0.3 is 0 Å². The summed E-state index contributed by atoms with van der Waals surface area (Å²) < 4.78 is 2.25. The quantitative estimate of drug-likeness (QED) is 0.484. The molecule has 8 nitrogen and oxygen atoms in total. The normalized spacial score (nSPS) is 13.0. The number of pyridine rings is 1. The first-order chi connectivity index (χ1) is 17.3. The highest BCUT2D eigenvalue weighted by Gasteiger charge is 2.21. The molecule has 0 fully saturated rings. The molecule has 2 aromatic heterocycles. The first-order valence-corrected chi connectivity index (χ1v) is 13.0. The van der Waals surface area contributed by atoms with Crippen molar-refractivity contribution in [3.05, 3.63) is 58.0 Å². The summed E-state index contributed by atoms with van der Waals surface area (Å²) in [4.78, 5) is 45.2. The number of carbonyl (C=O) groups excluding carboxylic acids is 2. The Hall–Kier alpha value is -3.72. The number of nitrogens with one attached hydrogen (secondary N) is 1. The maximum atomic E-state index is 13.2. The van der Waals surface area contributed by atoms with Gasteiger partial charge in [0.1, 0.15) is 12.4 Å². The zero-order valence-electron chi connectivity index (χ0n) is 20.8. The van der Waals surface area contributed by atoms with Crippen molar-refractivity contribution in [1.82, 2.24) is 14.8 Å². The van der Waals surface area contributed by atoms with Crippen molar-refractivity contribution in [2.45, 2.75) is 39.7 Å². The van der Waals surface area contributed by atoms with Gasteiger partial charge in [0.25, 0.3) is 5.56 Å². The van der Waals surface area contributed by atoms with Crippen LogP contribution in [0.3, 0.4) is 0 Å². The van der Waals surface area contributed by atoms with Gasteiger partial charge in [0.05, 0.1) is 11.1 Å². The van der Waals surface area contributed by atoms with Gasteiger partial charge in [-0.1, -0.05) is 26.0 Å². The van der Waals surface area contributed by atoms with E-state index in [4.69, 9.17) is 5.73 Å². The van der Waals surface area contributed by atoms with E-state index in [9.17, 15) is 14.4 Å². The molecule has 1 aliphatic heterocycles. The van der Waals surface area contributed by atoms with Crippen LogP contribution in [0, 0.1) is 0 Å². The number of amides is 2. The van der Waals surface area contributed by atoms with E-state index in [0.717, 1.165) is 33.5 Å². The standard InChI is InChI=1S/C27H31N5O3S/c1-4-9-31(10-5-2)26(34)19-12-17-6-7-18(13-21(17)30-24(28)14-19)23-15-20-22(36-23)8-11-32(27(20)35)16-25(33)29-3/h6-8,11-13,15H,4-5,9-10,14,16H2,1-3H3,(H2,28,30)(H,29,33). The molecule has 1 aliphatic rings. The van der Waals surface area contributed by atoms with Crippen molar-refractivity contribution in [2.24, 2.45) is 10.7 Å². The minimum Gasteiger partial charge on any atom is -0.387 e. The third kappa shape index (κ3) is 5.26. The van der Waals surface area contributed by atoms with Crippen LogP contribution in [0.2, 0.25) is 0 Å². The maximum absolute atomic E-state index is 13.2. The van der Waals surface area contributed by atoms with Crippen LogP contribution in [-0.2, 0) is 16.1 Å². The fourth-order valence-electron chi connectivity index (χ4n) is 4.32. The Morgan fingerprint density at radius 2 is 1.92 bits per heavy atom. The number of nitrogens with two attached hydrogens (primary N) is 1. The predicted molar refractivity (Wildman–Crippen MR) is 147 cm³/mol. The molecule has 0 saturated heterocycles. The Morgan fingerprint density at radius 3 is 2.61 bits per heavy atom. The molecular formula is C27H31N5O3S. The van der Waals surface area contributed by atoms with Crippen LogP contribution in [-0.4, -0.2) is 47.3 Å². The lowest BCUT2D eigenvalue weighted by molar-refractivity contribution is -0.127. The van der Waals surface area contributed by atoms with Crippen molar-refractivity contribution in [3.63, 3.8) is 0 Å². The molecule has 0 saturated carbocycles. The first-order valence-electron chi connectivity index (χ1n) is 12.2. The minimum atomic E-state index is -0.230. The predicted octanol–water partition coefficient (Wildman–Crippen LogP) is 3.90. The summed E-state index contributed by atoms with van der Waals surface area (Å²) >= 11 is 1.51. The molecule has 1 aromatic carbocycles. The number of benzene rings is 1. The molecule has 2 amide bonds. The van der Waals surface area contributed by atoms with Crippen molar-refractivity contribution >= 4 is 50.8 Å². The fourth-order valence-corrected chi connectivity index (χ4v) is 5.36. The lowest BCUT2D eigenvalue weighted by Gasteiger charge is -2.22. The molecule has 0 spiro atoms. The Balaban J connectivity index is 1.69. The third-order valence-corrected chi connectivity index (χ3v) is 7.23. The number of carbonyl (C=O) groups is 2. The van der Waals surface area contributed by atoms with E-state index >= 15 is 0 Å². The highest BCUT2D eigenvalue weighted by atomic mass is 32.1. The lowest BCUT2D eigenvalue weighted by Crippen LogP contribution is -2.34. The van der Waals surface area contributed by atoms with Crippen LogP contribution in [0.4, 0.5) is 5.69 Å². The molecule has 0 radical (unpaired) electrons. The van der Waals surface area contributed by atoms with E-state index in [1.54, 1.807) is 13.2 Å². The van der Waals surface area contributed by atoms with Gasteiger partial charge in [-0.15, -0.1) is 11.3 Å². The Kier molecular flexibility index (Phi) is 7.69. The van der Waals surface area contributed by atoms with Crippen LogP contribution in [0.1, 0.15) is 38.7 Å².